The van der Waals surface area contributed by atoms with Crippen LogP contribution in [-0.2, 0) is 4.79 Å². The fourth-order valence-corrected chi connectivity index (χ4v) is 2.88. The van der Waals surface area contributed by atoms with Crippen LogP contribution < -0.4 is 5.32 Å². The first-order valence-corrected chi connectivity index (χ1v) is 8.86. The van der Waals surface area contributed by atoms with Crippen LogP contribution in [-0.4, -0.2) is 27.0 Å². The highest BCUT2D eigenvalue weighted by molar-refractivity contribution is 6.02. The van der Waals surface area contributed by atoms with Gasteiger partial charge in [-0.15, -0.1) is 0 Å². The van der Waals surface area contributed by atoms with Gasteiger partial charge in [0.05, 0.1) is 18.4 Å². The predicted octanol–water partition coefficient (Wildman–Crippen LogP) is 3.88. The number of hydrogen-bond donors (Lipinski definition) is 1. The van der Waals surface area contributed by atoms with Crippen LogP contribution in [0.3, 0.4) is 0 Å². The fourth-order valence-electron chi connectivity index (χ4n) is 2.88. The van der Waals surface area contributed by atoms with Gasteiger partial charge in [-0.2, -0.15) is 5.10 Å². The zero-order valence-electron chi connectivity index (χ0n) is 14.9. The standard InChI is InChI=1S/C21H17FN4O2/c22-19-11-23-9-15(21(19)16-10-24-26(12-16)18-6-7-18)3-8-20(28)25-17-4-1-14(13-27)2-5-17/h1-5,8-13,18H,6-7H2,(H,25,28)/b8-3+. The molecule has 2 heterocycles. The second-order valence-corrected chi connectivity index (χ2v) is 6.59. The van der Waals surface area contributed by atoms with Crippen LogP contribution in [0.15, 0.2) is 55.1 Å². The van der Waals surface area contributed by atoms with E-state index in [1.54, 1.807) is 30.5 Å². The summed E-state index contributed by atoms with van der Waals surface area (Å²) in [5.41, 5.74) is 2.58. The highest BCUT2D eigenvalue weighted by Gasteiger charge is 2.25. The molecule has 1 aromatic carbocycles. The van der Waals surface area contributed by atoms with Crippen molar-refractivity contribution in [1.82, 2.24) is 14.8 Å². The Labute approximate surface area is 160 Å². The van der Waals surface area contributed by atoms with Gasteiger partial charge in [0.15, 0.2) is 0 Å². The summed E-state index contributed by atoms with van der Waals surface area (Å²) in [6, 6.07) is 6.89. The lowest BCUT2D eigenvalue weighted by Gasteiger charge is -2.05. The molecule has 6 nitrogen and oxygen atoms in total. The van der Waals surface area contributed by atoms with Gasteiger partial charge in [-0.25, -0.2) is 4.39 Å². The molecule has 2 aromatic heterocycles. The summed E-state index contributed by atoms with van der Waals surface area (Å²) in [5.74, 6) is -0.843. The molecule has 140 valence electrons. The Kier molecular flexibility index (Phi) is 4.80. The van der Waals surface area contributed by atoms with E-state index in [9.17, 15) is 14.0 Å². The van der Waals surface area contributed by atoms with Crippen molar-refractivity contribution >= 4 is 24.0 Å². The normalized spacial score (nSPS) is 13.6. The molecular weight excluding hydrogens is 359 g/mol. The second-order valence-electron chi connectivity index (χ2n) is 6.59. The first-order valence-electron chi connectivity index (χ1n) is 8.86. The number of anilines is 1. The van der Waals surface area contributed by atoms with Crippen molar-refractivity contribution in [3.8, 4) is 11.1 Å². The molecule has 28 heavy (non-hydrogen) atoms. The van der Waals surface area contributed by atoms with Gasteiger partial charge in [-0.3, -0.25) is 19.3 Å². The van der Waals surface area contributed by atoms with E-state index in [4.69, 9.17) is 0 Å². The zero-order chi connectivity index (χ0) is 19.5. The van der Waals surface area contributed by atoms with Crippen LogP contribution in [0, 0.1) is 5.82 Å². The van der Waals surface area contributed by atoms with E-state index in [1.165, 1.54) is 18.3 Å². The van der Waals surface area contributed by atoms with Gasteiger partial charge in [-0.1, -0.05) is 0 Å². The smallest absolute Gasteiger partial charge is 0.248 e. The summed E-state index contributed by atoms with van der Waals surface area (Å²) in [4.78, 5) is 26.7. The number of nitrogens with one attached hydrogen (secondary N) is 1. The van der Waals surface area contributed by atoms with Crippen molar-refractivity contribution in [3.63, 3.8) is 0 Å². The van der Waals surface area contributed by atoms with Gasteiger partial charge < -0.3 is 5.32 Å². The third-order valence-corrected chi connectivity index (χ3v) is 4.47. The topological polar surface area (TPSA) is 76.9 Å². The molecule has 0 spiro atoms. The minimum atomic E-state index is -0.470. The number of amides is 1. The molecule has 3 aromatic rings. The van der Waals surface area contributed by atoms with Crippen molar-refractivity contribution in [2.24, 2.45) is 0 Å². The second kappa shape index (κ2) is 7.56. The molecule has 1 N–H and O–H groups in total. The Morgan fingerprint density at radius 1 is 1.18 bits per heavy atom. The Hall–Kier alpha value is -3.61. The van der Waals surface area contributed by atoms with Gasteiger partial charge in [0.1, 0.15) is 12.1 Å². The number of nitrogens with zero attached hydrogens (tertiary/aromatic N) is 3. The average molecular weight is 376 g/mol. The molecule has 1 saturated carbocycles. The van der Waals surface area contributed by atoms with E-state index in [-0.39, 0.29) is 5.91 Å². The first kappa shape index (κ1) is 17.8. The third-order valence-electron chi connectivity index (χ3n) is 4.47. The molecule has 1 aliphatic rings. The highest BCUT2D eigenvalue weighted by Crippen LogP contribution is 2.36. The number of aldehydes is 1. The number of carbonyl (C=O) groups excluding carboxylic acids is 2. The minimum absolute atomic E-state index is 0.362. The lowest BCUT2D eigenvalue weighted by Crippen LogP contribution is -2.07. The lowest BCUT2D eigenvalue weighted by molar-refractivity contribution is -0.111. The first-order chi connectivity index (χ1) is 13.6. The summed E-state index contributed by atoms with van der Waals surface area (Å²) in [6.45, 7) is 0. The SMILES string of the molecule is O=Cc1ccc(NC(=O)/C=C/c2cncc(F)c2-c2cnn(C3CC3)c2)cc1. The maximum absolute atomic E-state index is 14.4. The van der Waals surface area contributed by atoms with E-state index < -0.39 is 5.82 Å². The average Bonchev–Trinajstić information content (AvgIpc) is 3.45. The van der Waals surface area contributed by atoms with Crippen molar-refractivity contribution in [3.05, 3.63) is 72.1 Å². The van der Waals surface area contributed by atoms with Gasteiger partial charge in [0, 0.05) is 46.4 Å². The molecule has 0 saturated heterocycles. The molecule has 0 bridgehead atoms. The Bertz CT molecular complexity index is 1050. The number of rotatable bonds is 6. The molecule has 0 radical (unpaired) electrons. The van der Waals surface area contributed by atoms with Crippen molar-refractivity contribution < 1.29 is 14.0 Å². The molecule has 0 atom stereocenters. The Morgan fingerprint density at radius 3 is 2.68 bits per heavy atom. The lowest BCUT2D eigenvalue weighted by atomic mass is 10.0. The maximum Gasteiger partial charge on any atom is 0.248 e. The van der Waals surface area contributed by atoms with Crippen LogP contribution >= 0.6 is 0 Å². The predicted molar refractivity (Wildman–Crippen MR) is 103 cm³/mol. The maximum atomic E-state index is 14.4. The van der Waals surface area contributed by atoms with E-state index in [0.717, 1.165) is 25.3 Å². The third kappa shape index (κ3) is 3.88. The molecule has 1 fully saturated rings. The van der Waals surface area contributed by atoms with Gasteiger partial charge in [0.25, 0.3) is 0 Å². The number of hydrogen-bond acceptors (Lipinski definition) is 4. The summed E-state index contributed by atoms with van der Waals surface area (Å²) < 4.78 is 16.3. The Morgan fingerprint density at radius 2 is 1.96 bits per heavy atom. The molecule has 0 aliphatic heterocycles. The molecular formula is C21H17FN4O2. The van der Waals surface area contributed by atoms with Crippen molar-refractivity contribution in [1.29, 1.82) is 0 Å². The van der Waals surface area contributed by atoms with Crippen LogP contribution in [0.5, 0.6) is 0 Å². The molecule has 1 amide bonds. The van der Waals surface area contributed by atoms with E-state index in [2.05, 4.69) is 15.4 Å². The monoisotopic (exact) mass is 376 g/mol. The number of carbonyl (C=O) groups is 2. The van der Waals surface area contributed by atoms with Gasteiger partial charge >= 0.3 is 0 Å². The summed E-state index contributed by atoms with van der Waals surface area (Å²) in [7, 11) is 0. The van der Waals surface area contributed by atoms with Gasteiger partial charge in [-0.05, 0) is 43.2 Å². The zero-order valence-corrected chi connectivity index (χ0v) is 14.9. The number of benzene rings is 1. The largest absolute Gasteiger partial charge is 0.323 e. The van der Waals surface area contributed by atoms with Crippen molar-refractivity contribution in [2.75, 3.05) is 5.32 Å². The van der Waals surface area contributed by atoms with Gasteiger partial charge in [0.2, 0.25) is 5.91 Å². The van der Waals surface area contributed by atoms with Crippen molar-refractivity contribution in [2.45, 2.75) is 18.9 Å². The molecule has 0 unspecified atom stereocenters. The quantitative estimate of drug-likeness (QED) is 0.523. The van der Waals surface area contributed by atoms with E-state index in [1.807, 2.05) is 10.9 Å². The van der Waals surface area contributed by atoms with Crippen LogP contribution in [0.25, 0.3) is 17.2 Å². The number of pyridine rings is 1. The van der Waals surface area contributed by atoms with E-state index in [0.29, 0.717) is 34.0 Å². The number of aromatic nitrogens is 3. The van der Waals surface area contributed by atoms with Crippen LogP contribution in [0.4, 0.5) is 10.1 Å². The fraction of sp³-hybridized carbons (Fsp3) is 0.143. The summed E-state index contributed by atoms with van der Waals surface area (Å²) in [6.07, 6.45) is 11.8. The molecule has 4 rings (SSSR count). The van der Waals surface area contributed by atoms with E-state index >= 15 is 0 Å². The summed E-state index contributed by atoms with van der Waals surface area (Å²) in [5, 5.41) is 7.00. The Balaban J connectivity index is 1.54. The van der Waals surface area contributed by atoms with Crippen LogP contribution in [0.1, 0.15) is 34.8 Å². The molecule has 1 aliphatic carbocycles. The van der Waals surface area contributed by atoms with Crippen LogP contribution in [0.2, 0.25) is 0 Å². The number of halogens is 1. The minimum Gasteiger partial charge on any atom is -0.323 e. The highest BCUT2D eigenvalue weighted by atomic mass is 19.1. The summed E-state index contributed by atoms with van der Waals surface area (Å²) >= 11 is 0. The molecule has 7 heteroatoms.